The smallest absolute Gasteiger partial charge is 0.339 e. The van der Waals surface area contributed by atoms with Gasteiger partial charge in [-0.15, -0.1) is 0 Å². The molecule has 4 aliphatic rings. The quantitative estimate of drug-likeness (QED) is 0.403. The van der Waals surface area contributed by atoms with Crippen molar-refractivity contribution < 1.29 is 29.6 Å². The zero-order valence-electron chi connectivity index (χ0n) is 22.8. The molecule has 0 aliphatic heterocycles. The molecule has 2 aromatic rings. The lowest BCUT2D eigenvalue weighted by molar-refractivity contribution is -0.190. The lowest BCUT2D eigenvalue weighted by Crippen LogP contribution is -2.65. The highest BCUT2D eigenvalue weighted by molar-refractivity contribution is 5.98. The molecular weight excluding hydrogens is 492 g/mol. The fourth-order valence-electron chi connectivity index (χ4n) is 8.29. The topological polar surface area (TPSA) is 104 Å². The van der Waals surface area contributed by atoms with Crippen LogP contribution in [0, 0.1) is 34.5 Å². The van der Waals surface area contributed by atoms with Crippen LogP contribution >= 0.6 is 0 Å². The number of ketones is 1. The minimum atomic E-state index is -2.16. The van der Waals surface area contributed by atoms with E-state index >= 15 is 0 Å². The Hall–Kier alpha value is -3.06. The predicted molar refractivity (Wildman–Crippen MR) is 146 cm³/mol. The standard InChI is InChI=1S/C33H36O6/c1-18-16-32-19(2)14-25-26(31(25,3)4)24(28(32)36)15-21(17-34)27(35)33(32,38)29(18)39-30(37)23-13-9-8-12-22(23)20-10-6-5-7-11-20/h5-13,15-16,19,24-27,29,34-35,38H,14,17H2,1-4H3/t19-,24+,25-,26+,27-,29+,32-,33+/m1/s1. The van der Waals surface area contributed by atoms with Gasteiger partial charge in [0.2, 0.25) is 0 Å². The van der Waals surface area contributed by atoms with E-state index in [1.54, 1.807) is 31.2 Å². The number of Topliss-reactive ketones (excluding diaryl/α,β-unsaturated/α-hetero) is 1. The van der Waals surface area contributed by atoms with Gasteiger partial charge < -0.3 is 20.1 Å². The van der Waals surface area contributed by atoms with Gasteiger partial charge in [0.25, 0.3) is 0 Å². The van der Waals surface area contributed by atoms with Gasteiger partial charge >= 0.3 is 5.97 Å². The molecule has 0 amide bonds. The summed E-state index contributed by atoms with van der Waals surface area (Å²) >= 11 is 0. The van der Waals surface area contributed by atoms with Gasteiger partial charge in [-0.3, -0.25) is 4.79 Å². The number of hydrogen-bond donors (Lipinski definition) is 3. The fraction of sp³-hybridized carbons (Fsp3) is 0.455. The van der Waals surface area contributed by atoms with Gasteiger partial charge in [0, 0.05) is 5.92 Å². The first-order valence-electron chi connectivity index (χ1n) is 13.8. The minimum Gasteiger partial charge on any atom is -0.451 e. The highest BCUT2D eigenvalue weighted by Crippen LogP contribution is 2.71. The number of fused-ring (bicyclic) bond motifs is 3. The Balaban J connectivity index is 1.45. The average Bonchev–Trinajstić information content (AvgIpc) is 3.42. The van der Waals surface area contributed by atoms with Gasteiger partial charge in [-0.2, -0.15) is 0 Å². The molecule has 1 spiro atoms. The molecule has 6 nitrogen and oxygen atoms in total. The van der Waals surface area contributed by atoms with E-state index < -0.39 is 41.7 Å². The first-order chi connectivity index (χ1) is 18.5. The van der Waals surface area contributed by atoms with E-state index in [4.69, 9.17) is 4.74 Å². The molecule has 204 valence electrons. The molecule has 0 saturated heterocycles. The highest BCUT2D eigenvalue weighted by atomic mass is 16.6. The molecule has 0 heterocycles. The first kappa shape index (κ1) is 26.2. The van der Waals surface area contributed by atoms with E-state index in [2.05, 4.69) is 13.8 Å². The number of aliphatic hydroxyl groups is 3. The van der Waals surface area contributed by atoms with Crippen LogP contribution in [0.1, 0.15) is 44.5 Å². The Bertz CT molecular complexity index is 1410. The third-order valence-electron chi connectivity index (χ3n) is 10.4. The third kappa shape index (κ3) is 3.38. The van der Waals surface area contributed by atoms with E-state index in [0.29, 0.717) is 23.1 Å². The molecule has 2 saturated carbocycles. The van der Waals surface area contributed by atoms with Crippen LogP contribution < -0.4 is 0 Å². The Morgan fingerprint density at radius 2 is 1.74 bits per heavy atom. The first-order valence-corrected chi connectivity index (χ1v) is 13.8. The molecule has 6 rings (SSSR count). The van der Waals surface area contributed by atoms with Crippen molar-refractivity contribution in [3.8, 4) is 11.1 Å². The van der Waals surface area contributed by atoms with Crippen LogP contribution in [0.4, 0.5) is 0 Å². The van der Waals surface area contributed by atoms with Gasteiger partial charge in [-0.25, -0.2) is 4.79 Å². The Kier molecular flexibility index (Phi) is 5.85. The van der Waals surface area contributed by atoms with Crippen LogP contribution in [0.2, 0.25) is 0 Å². The minimum absolute atomic E-state index is 0.0505. The van der Waals surface area contributed by atoms with Crippen molar-refractivity contribution >= 4 is 11.8 Å². The summed E-state index contributed by atoms with van der Waals surface area (Å²) in [7, 11) is 0. The number of carbonyl (C=O) groups is 2. The second kappa shape index (κ2) is 8.72. The van der Waals surface area contributed by atoms with E-state index in [1.165, 1.54) is 0 Å². The molecule has 2 aromatic carbocycles. The number of carbonyl (C=O) groups excluding carboxylic acids is 2. The Labute approximate surface area is 229 Å². The SMILES string of the molecule is CC1=C[C@@]23C(=O)[C@@H](C=C(CO)[C@@H](O)[C@]2(O)[C@H]1OC(=O)c1ccccc1-c1ccccc1)[C@H]1[C@@H](C[C@H]3C)C1(C)C. The number of ether oxygens (including phenoxy) is 1. The molecule has 0 unspecified atom stereocenters. The van der Waals surface area contributed by atoms with Gasteiger partial charge in [0.15, 0.2) is 17.5 Å². The van der Waals surface area contributed by atoms with Gasteiger partial charge in [0.05, 0.1) is 17.6 Å². The number of benzene rings is 2. The molecule has 2 bridgehead atoms. The molecule has 0 aromatic heterocycles. The average molecular weight is 529 g/mol. The molecule has 0 radical (unpaired) electrons. The summed E-state index contributed by atoms with van der Waals surface area (Å²) in [4.78, 5) is 28.3. The Morgan fingerprint density at radius 1 is 1.08 bits per heavy atom. The van der Waals surface area contributed by atoms with E-state index in [-0.39, 0.29) is 34.5 Å². The third-order valence-corrected chi connectivity index (χ3v) is 10.4. The summed E-state index contributed by atoms with van der Waals surface area (Å²) in [6.07, 6.45) is 1.28. The van der Waals surface area contributed by atoms with Gasteiger partial charge in [-0.05, 0) is 64.9 Å². The summed E-state index contributed by atoms with van der Waals surface area (Å²) in [5.41, 5.74) is -1.10. The summed E-state index contributed by atoms with van der Waals surface area (Å²) in [5, 5.41) is 34.6. The van der Waals surface area contributed by atoms with Crippen LogP contribution in [0.15, 0.2) is 77.9 Å². The van der Waals surface area contributed by atoms with Crippen molar-refractivity contribution in [2.45, 2.75) is 51.9 Å². The van der Waals surface area contributed by atoms with Crippen LogP contribution in [-0.2, 0) is 9.53 Å². The number of esters is 1. The summed E-state index contributed by atoms with van der Waals surface area (Å²) in [5.74, 6) is -1.33. The zero-order valence-corrected chi connectivity index (χ0v) is 22.8. The molecule has 3 N–H and O–H groups in total. The van der Waals surface area contributed by atoms with E-state index in [1.807, 2.05) is 49.4 Å². The number of allylic oxidation sites excluding steroid dienone is 1. The highest BCUT2D eigenvalue weighted by Gasteiger charge is 2.76. The van der Waals surface area contributed by atoms with Crippen LogP contribution in [0.5, 0.6) is 0 Å². The normalized spacial score (nSPS) is 38.0. The summed E-state index contributed by atoms with van der Waals surface area (Å²) in [6, 6.07) is 16.6. The predicted octanol–water partition coefficient (Wildman–Crippen LogP) is 4.35. The lowest BCUT2D eigenvalue weighted by atomic mass is 9.59. The van der Waals surface area contributed by atoms with Crippen molar-refractivity contribution in [1.82, 2.24) is 0 Å². The van der Waals surface area contributed by atoms with Crippen molar-refractivity contribution in [3.63, 3.8) is 0 Å². The molecule has 8 atom stereocenters. The summed E-state index contributed by atoms with van der Waals surface area (Å²) in [6.45, 7) is 7.50. The van der Waals surface area contributed by atoms with E-state index in [0.717, 1.165) is 5.56 Å². The zero-order chi connectivity index (χ0) is 27.9. The number of hydrogen-bond acceptors (Lipinski definition) is 6. The summed E-state index contributed by atoms with van der Waals surface area (Å²) < 4.78 is 6.09. The second-order valence-electron chi connectivity index (χ2n) is 12.6. The molecule has 4 aliphatic carbocycles. The lowest BCUT2D eigenvalue weighted by Gasteiger charge is -2.48. The van der Waals surface area contributed by atoms with Crippen LogP contribution in [0.3, 0.4) is 0 Å². The van der Waals surface area contributed by atoms with Crippen LogP contribution in [0.25, 0.3) is 11.1 Å². The van der Waals surface area contributed by atoms with Crippen molar-refractivity contribution in [3.05, 3.63) is 83.5 Å². The largest absolute Gasteiger partial charge is 0.451 e. The maximum atomic E-state index is 14.5. The maximum Gasteiger partial charge on any atom is 0.339 e. The van der Waals surface area contributed by atoms with Gasteiger partial charge in [-0.1, -0.05) is 81.5 Å². The molecule has 6 heteroatoms. The Morgan fingerprint density at radius 3 is 2.44 bits per heavy atom. The van der Waals surface area contributed by atoms with Crippen LogP contribution in [-0.4, -0.2) is 51.5 Å². The fourth-order valence-corrected chi connectivity index (χ4v) is 8.29. The van der Waals surface area contributed by atoms with Gasteiger partial charge in [0.1, 0.15) is 6.10 Å². The van der Waals surface area contributed by atoms with Crippen molar-refractivity contribution in [2.24, 2.45) is 34.5 Å². The molecule has 2 fully saturated rings. The second-order valence-corrected chi connectivity index (χ2v) is 12.6. The molecular formula is C33H36O6. The monoisotopic (exact) mass is 528 g/mol. The maximum absolute atomic E-state index is 14.5. The van der Waals surface area contributed by atoms with Crippen molar-refractivity contribution in [1.29, 1.82) is 0 Å². The number of aliphatic hydroxyl groups excluding tert-OH is 2. The molecule has 39 heavy (non-hydrogen) atoms. The number of rotatable bonds is 4. The van der Waals surface area contributed by atoms with E-state index in [9.17, 15) is 24.9 Å². The van der Waals surface area contributed by atoms with Crippen molar-refractivity contribution in [2.75, 3.05) is 6.61 Å².